The predicted octanol–water partition coefficient (Wildman–Crippen LogP) is 3.11. The number of thioether (sulfide) groups is 1. The zero-order valence-corrected chi connectivity index (χ0v) is 15.7. The minimum absolute atomic E-state index is 0.112. The summed E-state index contributed by atoms with van der Waals surface area (Å²) in [5.74, 6) is 0.802. The number of nitrogens with zero attached hydrogens (tertiary/aromatic N) is 4. The Kier molecular flexibility index (Phi) is 5.34. The van der Waals surface area contributed by atoms with Crippen LogP contribution in [0.3, 0.4) is 0 Å². The average molecular weight is 374 g/mol. The molecule has 0 radical (unpaired) electrons. The number of amides is 1. The van der Waals surface area contributed by atoms with E-state index in [1.54, 1.807) is 11.7 Å². The van der Waals surface area contributed by atoms with Gasteiger partial charge in [-0.1, -0.05) is 40.8 Å². The minimum Gasteiger partial charge on any atom is -0.363 e. The summed E-state index contributed by atoms with van der Waals surface area (Å²) in [6, 6.07) is 9.84. The molecule has 2 N–H and O–H groups in total. The Bertz CT molecular complexity index is 871. The van der Waals surface area contributed by atoms with Gasteiger partial charge in [-0.25, -0.2) is 4.68 Å². The van der Waals surface area contributed by atoms with Crippen LogP contribution in [0, 0.1) is 13.8 Å². The van der Waals surface area contributed by atoms with Gasteiger partial charge < -0.3 is 10.6 Å². The first-order valence-electron chi connectivity index (χ1n) is 7.63. The second kappa shape index (κ2) is 7.66. The smallest absolute Gasteiger partial charge is 0.235 e. The Morgan fingerprint density at radius 1 is 1.24 bits per heavy atom. The van der Waals surface area contributed by atoms with Gasteiger partial charge in [-0.15, -0.1) is 10.2 Å². The van der Waals surface area contributed by atoms with Crippen molar-refractivity contribution in [1.29, 1.82) is 0 Å². The maximum Gasteiger partial charge on any atom is 0.235 e. The summed E-state index contributed by atoms with van der Waals surface area (Å²) in [5, 5.41) is 19.0. The second-order valence-corrected chi connectivity index (χ2v) is 7.58. The van der Waals surface area contributed by atoms with Crippen LogP contribution in [0.4, 0.5) is 10.9 Å². The highest BCUT2D eigenvalue weighted by Crippen LogP contribution is 2.25. The third kappa shape index (κ3) is 4.37. The normalized spacial score (nSPS) is 10.7. The van der Waals surface area contributed by atoms with Gasteiger partial charge in [-0.3, -0.25) is 4.79 Å². The summed E-state index contributed by atoms with van der Waals surface area (Å²) < 4.78 is 2.49. The van der Waals surface area contributed by atoms with E-state index in [9.17, 15) is 4.79 Å². The molecule has 0 saturated carbocycles. The van der Waals surface area contributed by atoms with Crippen LogP contribution < -0.4 is 10.6 Å². The van der Waals surface area contributed by atoms with E-state index in [-0.39, 0.29) is 11.7 Å². The third-order valence-corrected chi connectivity index (χ3v) is 5.40. The molecular formula is C16H18N6OS2. The highest BCUT2D eigenvalue weighted by atomic mass is 32.2. The van der Waals surface area contributed by atoms with Crippen molar-refractivity contribution < 1.29 is 4.79 Å². The Balaban J connectivity index is 1.67. The Morgan fingerprint density at radius 3 is 2.68 bits per heavy atom. The molecule has 0 bridgehead atoms. The SMILES string of the molecule is CNc1nnc(SCC(=O)Nc2cc(C)nn2-c2ccc(C)cc2)s1. The van der Waals surface area contributed by atoms with Crippen LogP contribution >= 0.6 is 23.1 Å². The fraction of sp³-hybridized carbons (Fsp3) is 0.250. The molecule has 3 rings (SSSR count). The maximum atomic E-state index is 12.3. The summed E-state index contributed by atoms with van der Waals surface area (Å²) >= 11 is 2.78. The molecule has 0 atom stereocenters. The lowest BCUT2D eigenvalue weighted by atomic mass is 10.2. The summed E-state index contributed by atoms with van der Waals surface area (Å²) in [5.41, 5.74) is 2.92. The fourth-order valence-corrected chi connectivity index (χ4v) is 3.65. The van der Waals surface area contributed by atoms with Gasteiger partial charge in [-0.2, -0.15) is 5.10 Å². The zero-order valence-electron chi connectivity index (χ0n) is 14.1. The molecule has 2 heterocycles. The molecule has 0 fully saturated rings. The molecule has 0 aliphatic rings. The number of rotatable bonds is 6. The van der Waals surface area contributed by atoms with Crippen molar-refractivity contribution in [3.05, 3.63) is 41.6 Å². The first kappa shape index (κ1) is 17.4. The van der Waals surface area contributed by atoms with Crippen LogP contribution in [0.25, 0.3) is 5.69 Å². The lowest BCUT2D eigenvalue weighted by Crippen LogP contribution is -2.16. The lowest BCUT2D eigenvalue weighted by molar-refractivity contribution is -0.113. The number of hydrogen-bond donors (Lipinski definition) is 2. The monoisotopic (exact) mass is 374 g/mol. The van der Waals surface area contributed by atoms with Gasteiger partial charge >= 0.3 is 0 Å². The van der Waals surface area contributed by atoms with E-state index in [2.05, 4.69) is 25.9 Å². The van der Waals surface area contributed by atoms with Crippen molar-refractivity contribution in [2.24, 2.45) is 0 Å². The number of aryl methyl sites for hydroxylation is 2. The van der Waals surface area contributed by atoms with Crippen LogP contribution in [-0.4, -0.2) is 38.7 Å². The Labute approximate surface area is 153 Å². The molecular weight excluding hydrogens is 356 g/mol. The van der Waals surface area contributed by atoms with Gasteiger partial charge in [0.2, 0.25) is 11.0 Å². The van der Waals surface area contributed by atoms with Gasteiger partial charge in [0.15, 0.2) is 4.34 Å². The van der Waals surface area contributed by atoms with E-state index in [4.69, 9.17) is 0 Å². The van der Waals surface area contributed by atoms with E-state index in [1.807, 2.05) is 44.2 Å². The largest absolute Gasteiger partial charge is 0.363 e. The molecule has 2 aromatic heterocycles. The van der Waals surface area contributed by atoms with Crippen LogP contribution in [0.15, 0.2) is 34.7 Å². The van der Waals surface area contributed by atoms with Gasteiger partial charge in [-0.05, 0) is 26.0 Å². The minimum atomic E-state index is -0.112. The van der Waals surface area contributed by atoms with Crippen LogP contribution in [0.2, 0.25) is 0 Å². The quantitative estimate of drug-likeness (QED) is 0.645. The average Bonchev–Trinajstić information content (AvgIpc) is 3.20. The molecule has 0 aliphatic heterocycles. The topological polar surface area (TPSA) is 84.7 Å². The standard InChI is InChI=1S/C16H18N6OS2/c1-10-4-6-12(7-5-10)22-13(8-11(2)21-22)18-14(23)9-24-16-20-19-15(17-3)25-16/h4-8H,9H2,1-3H3,(H,17,19)(H,18,23). The van der Waals surface area contributed by atoms with Gasteiger partial charge in [0, 0.05) is 13.1 Å². The van der Waals surface area contributed by atoms with Crippen molar-refractivity contribution in [1.82, 2.24) is 20.0 Å². The fourth-order valence-electron chi connectivity index (χ4n) is 2.15. The van der Waals surface area contributed by atoms with Gasteiger partial charge in [0.05, 0.1) is 17.1 Å². The number of nitrogens with one attached hydrogen (secondary N) is 2. The van der Waals surface area contributed by atoms with E-state index in [1.165, 1.54) is 28.7 Å². The summed E-state index contributed by atoms with van der Waals surface area (Å²) in [4.78, 5) is 12.3. The van der Waals surface area contributed by atoms with Crippen molar-refractivity contribution in [2.45, 2.75) is 18.2 Å². The van der Waals surface area contributed by atoms with Gasteiger partial charge in [0.1, 0.15) is 5.82 Å². The number of aromatic nitrogens is 4. The number of hydrogen-bond acceptors (Lipinski definition) is 7. The molecule has 1 aromatic carbocycles. The third-order valence-electron chi connectivity index (χ3n) is 3.32. The van der Waals surface area contributed by atoms with Crippen molar-refractivity contribution >= 4 is 40.0 Å². The van der Waals surface area contributed by atoms with Crippen LogP contribution in [0.1, 0.15) is 11.3 Å². The van der Waals surface area contributed by atoms with Crippen LogP contribution in [-0.2, 0) is 4.79 Å². The number of anilines is 2. The molecule has 9 heteroatoms. The zero-order chi connectivity index (χ0) is 17.8. The number of carbonyl (C=O) groups is 1. The summed E-state index contributed by atoms with van der Waals surface area (Å²) in [7, 11) is 1.79. The lowest BCUT2D eigenvalue weighted by Gasteiger charge is -2.08. The van der Waals surface area contributed by atoms with Crippen molar-refractivity contribution in [2.75, 3.05) is 23.4 Å². The maximum absolute atomic E-state index is 12.3. The van der Waals surface area contributed by atoms with E-state index in [0.29, 0.717) is 5.82 Å². The molecule has 3 aromatic rings. The van der Waals surface area contributed by atoms with Gasteiger partial charge in [0.25, 0.3) is 0 Å². The summed E-state index contributed by atoms with van der Waals surface area (Å²) in [6.45, 7) is 3.93. The highest BCUT2D eigenvalue weighted by molar-refractivity contribution is 8.01. The molecule has 0 aliphatic carbocycles. The predicted molar refractivity (Wildman–Crippen MR) is 102 cm³/mol. The second-order valence-electron chi connectivity index (χ2n) is 5.38. The molecule has 130 valence electrons. The molecule has 0 unspecified atom stereocenters. The van der Waals surface area contributed by atoms with Crippen molar-refractivity contribution in [3.63, 3.8) is 0 Å². The van der Waals surface area contributed by atoms with Crippen LogP contribution in [0.5, 0.6) is 0 Å². The van der Waals surface area contributed by atoms with E-state index >= 15 is 0 Å². The molecule has 0 saturated heterocycles. The Morgan fingerprint density at radius 2 is 2.00 bits per heavy atom. The first-order valence-corrected chi connectivity index (χ1v) is 9.43. The molecule has 25 heavy (non-hydrogen) atoms. The number of benzene rings is 1. The Hall–Kier alpha value is -2.39. The summed E-state index contributed by atoms with van der Waals surface area (Å²) in [6.07, 6.45) is 0. The molecule has 0 spiro atoms. The van der Waals surface area contributed by atoms with E-state index < -0.39 is 0 Å². The first-order chi connectivity index (χ1) is 12.0. The molecule has 1 amide bonds. The highest BCUT2D eigenvalue weighted by Gasteiger charge is 2.12. The van der Waals surface area contributed by atoms with Crippen molar-refractivity contribution in [3.8, 4) is 5.69 Å². The molecule has 7 nitrogen and oxygen atoms in total. The number of carbonyl (C=O) groups excluding carboxylic acids is 1. The van der Waals surface area contributed by atoms with E-state index in [0.717, 1.165) is 20.9 Å².